The minimum atomic E-state index is -0.472. The van der Waals surface area contributed by atoms with Crippen LogP contribution < -0.4 is 5.73 Å². The fraction of sp³-hybridized carbons (Fsp3) is 0.235. The topological polar surface area (TPSA) is 47.6 Å². The zero-order chi connectivity index (χ0) is 15.7. The molecule has 1 atom stereocenters. The fourth-order valence-electron chi connectivity index (χ4n) is 2.64. The number of benzene rings is 2. The van der Waals surface area contributed by atoms with Gasteiger partial charge in [0.25, 0.3) is 0 Å². The molecular weight excluding hydrogens is 319 g/mol. The number of hydrogen-bond acceptors (Lipinski definition) is 3. The van der Waals surface area contributed by atoms with Crippen LogP contribution in [0.2, 0.25) is 10.0 Å². The monoisotopic (exact) mass is 334 g/mol. The molecule has 5 heteroatoms. The van der Waals surface area contributed by atoms with Crippen molar-refractivity contribution in [1.82, 2.24) is 0 Å². The van der Waals surface area contributed by atoms with Gasteiger partial charge in [0.05, 0.1) is 6.61 Å². The zero-order valence-electron chi connectivity index (χ0n) is 12.1. The van der Waals surface area contributed by atoms with Crippen LogP contribution in [0.3, 0.4) is 0 Å². The number of rotatable bonds is 2. The lowest BCUT2D eigenvalue weighted by molar-refractivity contribution is 0.106. The van der Waals surface area contributed by atoms with Crippen LogP contribution in [0.5, 0.6) is 0 Å². The van der Waals surface area contributed by atoms with Gasteiger partial charge in [-0.15, -0.1) is 0 Å². The summed E-state index contributed by atoms with van der Waals surface area (Å²) in [5, 5.41) is 1.23. The Hall–Kier alpha value is -1.55. The van der Waals surface area contributed by atoms with E-state index in [1.807, 2.05) is 37.3 Å². The van der Waals surface area contributed by atoms with Gasteiger partial charge >= 0.3 is 0 Å². The molecule has 1 aliphatic heterocycles. The van der Waals surface area contributed by atoms with E-state index in [1.165, 1.54) is 0 Å². The molecule has 0 aromatic heterocycles. The molecule has 0 radical (unpaired) electrons. The summed E-state index contributed by atoms with van der Waals surface area (Å²) in [4.78, 5) is 4.57. The largest absolute Gasteiger partial charge is 0.386 e. The summed E-state index contributed by atoms with van der Waals surface area (Å²) in [5.74, 6) is 0.518. The van der Waals surface area contributed by atoms with Crippen LogP contribution in [0.25, 0.3) is 11.1 Å². The molecule has 0 bridgehead atoms. The van der Waals surface area contributed by atoms with E-state index in [1.54, 1.807) is 6.07 Å². The SMILES string of the molecule is CC1(c2cccc(-c3cc(Cl)cc(Cl)c3)c2)COCC(N)=N1. The smallest absolute Gasteiger partial charge is 0.121 e. The number of ether oxygens (including phenoxy) is 1. The Bertz CT molecular complexity index is 725. The second kappa shape index (κ2) is 5.92. The van der Waals surface area contributed by atoms with Crippen LogP contribution in [0, 0.1) is 0 Å². The maximum Gasteiger partial charge on any atom is 0.121 e. The molecule has 1 aliphatic rings. The first kappa shape index (κ1) is 15.3. The van der Waals surface area contributed by atoms with Gasteiger partial charge in [-0.2, -0.15) is 0 Å². The third-order valence-corrected chi connectivity index (χ3v) is 4.14. The second-order valence-corrected chi connectivity index (χ2v) is 6.48. The third kappa shape index (κ3) is 3.12. The average Bonchev–Trinajstić information content (AvgIpc) is 2.46. The minimum absolute atomic E-state index is 0.388. The molecular formula is C17H16Cl2N2O. The lowest BCUT2D eigenvalue weighted by Crippen LogP contribution is -2.37. The molecule has 22 heavy (non-hydrogen) atoms. The van der Waals surface area contributed by atoms with E-state index in [2.05, 4.69) is 11.1 Å². The second-order valence-electron chi connectivity index (χ2n) is 5.61. The van der Waals surface area contributed by atoms with Crippen molar-refractivity contribution < 1.29 is 4.74 Å². The van der Waals surface area contributed by atoms with Crippen LogP contribution in [0.4, 0.5) is 0 Å². The first-order chi connectivity index (χ1) is 10.5. The van der Waals surface area contributed by atoms with E-state index in [-0.39, 0.29) is 0 Å². The minimum Gasteiger partial charge on any atom is -0.386 e. The molecule has 2 N–H and O–H groups in total. The number of nitrogens with two attached hydrogens (primary N) is 1. The van der Waals surface area contributed by atoms with E-state index < -0.39 is 5.54 Å². The summed E-state index contributed by atoms with van der Waals surface area (Å²) in [7, 11) is 0. The first-order valence-electron chi connectivity index (χ1n) is 6.95. The van der Waals surface area contributed by atoms with E-state index >= 15 is 0 Å². The van der Waals surface area contributed by atoms with Crippen molar-refractivity contribution in [2.45, 2.75) is 12.5 Å². The standard InChI is InChI=1S/C17H16Cl2N2O/c1-17(10-22-9-16(20)21-17)13-4-2-3-11(5-13)12-6-14(18)8-15(19)7-12/h2-8H,9-10H2,1H3,(H2,20,21). The van der Waals surface area contributed by atoms with Gasteiger partial charge in [0.15, 0.2) is 0 Å². The normalized spacial score (nSPS) is 21.5. The number of amidine groups is 1. The van der Waals surface area contributed by atoms with Crippen molar-refractivity contribution in [2.75, 3.05) is 13.2 Å². The van der Waals surface area contributed by atoms with Crippen molar-refractivity contribution in [3.8, 4) is 11.1 Å². The van der Waals surface area contributed by atoms with Crippen molar-refractivity contribution in [1.29, 1.82) is 0 Å². The van der Waals surface area contributed by atoms with Gasteiger partial charge in [-0.25, -0.2) is 0 Å². The quantitative estimate of drug-likeness (QED) is 0.891. The lowest BCUT2D eigenvalue weighted by atomic mass is 9.90. The van der Waals surface area contributed by atoms with E-state index in [0.717, 1.165) is 16.7 Å². The molecule has 2 aromatic carbocycles. The zero-order valence-corrected chi connectivity index (χ0v) is 13.7. The van der Waals surface area contributed by atoms with Crippen LogP contribution in [-0.4, -0.2) is 19.0 Å². The first-order valence-corrected chi connectivity index (χ1v) is 7.71. The van der Waals surface area contributed by atoms with Crippen LogP contribution >= 0.6 is 23.2 Å². The molecule has 3 nitrogen and oxygen atoms in total. The Morgan fingerprint density at radius 1 is 1.09 bits per heavy atom. The molecule has 0 aliphatic carbocycles. The maximum absolute atomic E-state index is 6.09. The van der Waals surface area contributed by atoms with Crippen LogP contribution in [0.1, 0.15) is 12.5 Å². The summed E-state index contributed by atoms with van der Waals surface area (Å²) in [5.41, 5.74) is 8.40. The number of nitrogens with zero attached hydrogens (tertiary/aromatic N) is 1. The Morgan fingerprint density at radius 2 is 1.82 bits per heavy atom. The van der Waals surface area contributed by atoms with E-state index in [0.29, 0.717) is 29.1 Å². The maximum atomic E-state index is 6.09. The van der Waals surface area contributed by atoms with Crippen molar-refractivity contribution in [3.63, 3.8) is 0 Å². The predicted molar refractivity (Wildman–Crippen MR) is 91.7 cm³/mol. The molecule has 3 rings (SSSR count). The highest BCUT2D eigenvalue weighted by Crippen LogP contribution is 2.33. The van der Waals surface area contributed by atoms with Gasteiger partial charge in [-0.1, -0.05) is 41.4 Å². The molecule has 0 amide bonds. The molecule has 0 saturated carbocycles. The highest BCUT2D eigenvalue weighted by atomic mass is 35.5. The van der Waals surface area contributed by atoms with Gasteiger partial charge < -0.3 is 10.5 Å². The van der Waals surface area contributed by atoms with Gasteiger partial charge in [0, 0.05) is 10.0 Å². The van der Waals surface area contributed by atoms with Gasteiger partial charge in [0.2, 0.25) is 0 Å². The van der Waals surface area contributed by atoms with Crippen molar-refractivity contribution in [2.24, 2.45) is 10.7 Å². The van der Waals surface area contributed by atoms with Gasteiger partial charge in [-0.3, -0.25) is 4.99 Å². The Morgan fingerprint density at radius 3 is 2.50 bits per heavy atom. The molecule has 114 valence electrons. The predicted octanol–water partition coefficient (Wildman–Crippen LogP) is 4.26. The highest BCUT2D eigenvalue weighted by molar-refractivity contribution is 6.35. The molecule has 0 fully saturated rings. The van der Waals surface area contributed by atoms with Crippen molar-refractivity contribution >= 4 is 29.0 Å². The summed E-state index contributed by atoms with van der Waals surface area (Å²) >= 11 is 12.2. The van der Waals surface area contributed by atoms with Gasteiger partial charge in [-0.05, 0) is 47.9 Å². The molecule has 2 aromatic rings. The Labute approximate surface area is 139 Å². The summed E-state index contributed by atoms with van der Waals surface area (Å²) in [6.07, 6.45) is 0. The summed E-state index contributed by atoms with van der Waals surface area (Å²) in [6, 6.07) is 13.6. The number of halogens is 2. The van der Waals surface area contributed by atoms with Gasteiger partial charge in [0.1, 0.15) is 18.0 Å². The molecule has 1 unspecified atom stereocenters. The summed E-state index contributed by atoms with van der Waals surface area (Å²) in [6.45, 7) is 2.91. The Balaban J connectivity index is 2.05. The average molecular weight is 335 g/mol. The number of hydrogen-bond donors (Lipinski definition) is 1. The third-order valence-electron chi connectivity index (χ3n) is 3.70. The molecule has 0 spiro atoms. The van der Waals surface area contributed by atoms with Crippen LogP contribution in [-0.2, 0) is 10.3 Å². The lowest BCUT2D eigenvalue weighted by Gasteiger charge is -2.30. The Kier molecular flexibility index (Phi) is 4.13. The van der Waals surface area contributed by atoms with E-state index in [4.69, 9.17) is 33.7 Å². The van der Waals surface area contributed by atoms with Crippen molar-refractivity contribution in [3.05, 3.63) is 58.1 Å². The fourth-order valence-corrected chi connectivity index (χ4v) is 3.16. The highest BCUT2D eigenvalue weighted by Gasteiger charge is 2.30. The molecule has 1 heterocycles. The van der Waals surface area contributed by atoms with E-state index in [9.17, 15) is 0 Å². The van der Waals surface area contributed by atoms with Crippen LogP contribution in [0.15, 0.2) is 47.5 Å². The summed E-state index contributed by atoms with van der Waals surface area (Å²) < 4.78 is 5.54. The molecule has 0 saturated heterocycles. The number of aliphatic imine (C=N–C) groups is 1.